The number of hydrogen-bond donors (Lipinski definition) is 0. The third-order valence-corrected chi connectivity index (χ3v) is 4.15. The van der Waals surface area contributed by atoms with Gasteiger partial charge < -0.3 is 14.2 Å². The Morgan fingerprint density at radius 2 is 2.05 bits per heavy atom. The number of fused-ring (bicyclic) bond motifs is 1. The fraction of sp³-hybridized carbons (Fsp3) is 0.353. The average Bonchev–Trinajstić information content (AvgIpc) is 3.03. The summed E-state index contributed by atoms with van der Waals surface area (Å²) in [5.41, 5.74) is 1.06. The molecule has 1 aliphatic rings. The summed E-state index contributed by atoms with van der Waals surface area (Å²) in [4.78, 5) is 12.7. The summed E-state index contributed by atoms with van der Waals surface area (Å²) in [5.74, 6) is 0.689. The largest absolute Gasteiger partial charge is 0.465 e. The number of rotatable bonds is 5. The molecule has 0 saturated carbocycles. The lowest BCUT2D eigenvalue weighted by Crippen LogP contribution is -2.29. The Morgan fingerprint density at radius 3 is 2.82 bits per heavy atom. The molecule has 1 aliphatic heterocycles. The number of ether oxygens (including phenoxy) is 3. The Hall–Kier alpha value is -2.01. The van der Waals surface area contributed by atoms with E-state index >= 15 is 0 Å². The SMILES string of the molecule is CC1(C)Oc2ccc(CCOC(=O)Cc3cccs3)cc2O1. The molecule has 0 N–H and O–H groups in total. The van der Waals surface area contributed by atoms with Crippen molar-refractivity contribution in [1.29, 1.82) is 0 Å². The van der Waals surface area contributed by atoms with Gasteiger partial charge in [0.15, 0.2) is 11.5 Å². The molecule has 2 heterocycles. The Kier molecular flexibility index (Phi) is 4.07. The van der Waals surface area contributed by atoms with Gasteiger partial charge in [-0.3, -0.25) is 4.79 Å². The molecule has 4 nitrogen and oxygen atoms in total. The first-order valence-electron chi connectivity index (χ1n) is 7.21. The van der Waals surface area contributed by atoms with E-state index in [0.29, 0.717) is 19.4 Å². The molecule has 5 heteroatoms. The number of carbonyl (C=O) groups is 1. The van der Waals surface area contributed by atoms with Crippen LogP contribution in [0.25, 0.3) is 0 Å². The van der Waals surface area contributed by atoms with Crippen molar-refractivity contribution in [1.82, 2.24) is 0 Å². The predicted octanol–water partition coefficient (Wildman–Crippen LogP) is 3.58. The molecular formula is C17H18O4S. The lowest BCUT2D eigenvalue weighted by molar-refractivity contribution is -0.142. The van der Waals surface area contributed by atoms with Crippen LogP contribution in [0.1, 0.15) is 24.3 Å². The van der Waals surface area contributed by atoms with Crippen molar-refractivity contribution in [2.75, 3.05) is 6.61 Å². The van der Waals surface area contributed by atoms with Crippen LogP contribution in [0.3, 0.4) is 0 Å². The minimum absolute atomic E-state index is 0.190. The fourth-order valence-electron chi connectivity index (χ4n) is 2.31. The molecule has 3 rings (SSSR count). The van der Waals surface area contributed by atoms with Gasteiger partial charge in [0.2, 0.25) is 5.79 Å². The van der Waals surface area contributed by atoms with Gasteiger partial charge in [-0.25, -0.2) is 0 Å². The van der Waals surface area contributed by atoms with E-state index in [4.69, 9.17) is 14.2 Å². The smallest absolute Gasteiger partial charge is 0.311 e. The molecule has 0 aliphatic carbocycles. The summed E-state index contributed by atoms with van der Waals surface area (Å²) >= 11 is 1.56. The summed E-state index contributed by atoms with van der Waals surface area (Å²) in [6.07, 6.45) is 1.00. The van der Waals surface area contributed by atoms with Gasteiger partial charge in [0, 0.05) is 25.1 Å². The molecule has 2 aromatic rings. The Labute approximate surface area is 133 Å². The summed E-state index contributed by atoms with van der Waals surface area (Å²) in [6.45, 7) is 4.12. The standard InChI is InChI=1S/C17H18O4S/c1-17(2)20-14-6-5-12(10-15(14)21-17)7-8-19-16(18)11-13-4-3-9-22-13/h3-6,9-10H,7-8,11H2,1-2H3. The van der Waals surface area contributed by atoms with E-state index in [1.165, 1.54) is 0 Å². The lowest BCUT2D eigenvalue weighted by Gasteiger charge is -2.16. The molecule has 0 saturated heterocycles. The van der Waals surface area contributed by atoms with Crippen LogP contribution in [-0.4, -0.2) is 18.4 Å². The molecule has 0 radical (unpaired) electrons. The van der Waals surface area contributed by atoms with Gasteiger partial charge in [-0.1, -0.05) is 12.1 Å². The number of hydrogen-bond acceptors (Lipinski definition) is 5. The quantitative estimate of drug-likeness (QED) is 0.790. The summed E-state index contributed by atoms with van der Waals surface area (Å²) < 4.78 is 16.6. The normalized spacial score (nSPS) is 14.8. The zero-order valence-electron chi connectivity index (χ0n) is 12.6. The van der Waals surface area contributed by atoms with Crippen LogP contribution >= 0.6 is 11.3 Å². The fourth-order valence-corrected chi connectivity index (χ4v) is 3.00. The lowest BCUT2D eigenvalue weighted by atomic mass is 10.1. The molecular weight excluding hydrogens is 300 g/mol. The van der Waals surface area contributed by atoms with E-state index in [1.807, 2.05) is 49.6 Å². The van der Waals surface area contributed by atoms with E-state index in [2.05, 4.69) is 0 Å². The van der Waals surface area contributed by atoms with E-state index in [1.54, 1.807) is 11.3 Å². The van der Waals surface area contributed by atoms with Crippen LogP contribution in [0.2, 0.25) is 0 Å². The highest BCUT2D eigenvalue weighted by atomic mass is 32.1. The highest BCUT2D eigenvalue weighted by Crippen LogP contribution is 2.39. The highest BCUT2D eigenvalue weighted by Gasteiger charge is 2.31. The van der Waals surface area contributed by atoms with Crippen molar-refractivity contribution >= 4 is 17.3 Å². The predicted molar refractivity (Wildman–Crippen MR) is 84.5 cm³/mol. The second-order valence-electron chi connectivity index (χ2n) is 5.61. The molecule has 0 amide bonds. The summed E-state index contributed by atoms with van der Waals surface area (Å²) in [6, 6.07) is 9.67. The third-order valence-electron chi connectivity index (χ3n) is 3.27. The van der Waals surface area contributed by atoms with Crippen molar-refractivity contribution in [2.24, 2.45) is 0 Å². The van der Waals surface area contributed by atoms with Crippen molar-refractivity contribution < 1.29 is 19.0 Å². The van der Waals surface area contributed by atoms with Crippen LogP contribution < -0.4 is 9.47 Å². The van der Waals surface area contributed by atoms with E-state index in [-0.39, 0.29) is 5.97 Å². The maximum Gasteiger partial charge on any atom is 0.311 e. The van der Waals surface area contributed by atoms with Gasteiger partial charge in [0.05, 0.1) is 13.0 Å². The van der Waals surface area contributed by atoms with E-state index < -0.39 is 5.79 Å². The summed E-state index contributed by atoms with van der Waals surface area (Å²) in [5, 5.41) is 1.96. The van der Waals surface area contributed by atoms with Crippen molar-refractivity contribution in [2.45, 2.75) is 32.5 Å². The second-order valence-corrected chi connectivity index (χ2v) is 6.64. The Morgan fingerprint density at radius 1 is 1.23 bits per heavy atom. The first-order chi connectivity index (χ1) is 10.5. The van der Waals surface area contributed by atoms with E-state index in [9.17, 15) is 4.79 Å². The monoisotopic (exact) mass is 318 g/mol. The Balaban J connectivity index is 1.49. The van der Waals surface area contributed by atoms with Crippen LogP contribution in [0.4, 0.5) is 0 Å². The van der Waals surface area contributed by atoms with Gasteiger partial charge >= 0.3 is 5.97 Å². The van der Waals surface area contributed by atoms with Gasteiger partial charge in [0.25, 0.3) is 0 Å². The third kappa shape index (κ3) is 3.60. The minimum Gasteiger partial charge on any atom is -0.465 e. The zero-order valence-corrected chi connectivity index (χ0v) is 13.4. The van der Waals surface area contributed by atoms with Gasteiger partial charge in [-0.2, -0.15) is 0 Å². The Bertz CT molecular complexity index is 661. The maximum absolute atomic E-state index is 11.7. The van der Waals surface area contributed by atoms with Crippen LogP contribution in [-0.2, 0) is 22.4 Å². The number of carbonyl (C=O) groups excluding carboxylic acids is 1. The second kappa shape index (κ2) is 6.01. The molecule has 0 atom stereocenters. The first kappa shape index (κ1) is 14.9. The van der Waals surface area contributed by atoms with Crippen LogP contribution in [0.5, 0.6) is 11.5 Å². The molecule has 1 aromatic carbocycles. The summed E-state index contributed by atoms with van der Waals surface area (Å²) in [7, 11) is 0. The molecule has 0 bridgehead atoms. The zero-order chi connectivity index (χ0) is 15.6. The molecule has 1 aromatic heterocycles. The number of esters is 1. The van der Waals surface area contributed by atoms with Crippen LogP contribution in [0.15, 0.2) is 35.7 Å². The van der Waals surface area contributed by atoms with Crippen molar-refractivity contribution in [3.63, 3.8) is 0 Å². The van der Waals surface area contributed by atoms with E-state index in [0.717, 1.165) is 21.9 Å². The van der Waals surface area contributed by atoms with Gasteiger partial charge in [0.1, 0.15) is 0 Å². The average molecular weight is 318 g/mol. The molecule has 0 unspecified atom stereocenters. The highest BCUT2D eigenvalue weighted by molar-refractivity contribution is 7.10. The number of benzene rings is 1. The molecule has 0 fully saturated rings. The van der Waals surface area contributed by atoms with Gasteiger partial charge in [-0.05, 0) is 29.1 Å². The molecule has 22 heavy (non-hydrogen) atoms. The molecule has 0 spiro atoms. The minimum atomic E-state index is -0.617. The maximum atomic E-state index is 11.7. The van der Waals surface area contributed by atoms with Crippen molar-refractivity contribution in [3.8, 4) is 11.5 Å². The topological polar surface area (TPSA) is 44.8 Å². The van der Waals surface area contributed by atoms with Gasteiger partial charge in [-0.15, -0.1) is 11.3 Å². The number of thiophene rings is 1. The first-order valence-corrected chi connectivity index (χ1v) is 8.09. The van der Waals surface area contributed by atoms with Crippen LogP contribution in [0, 0.1) is 0 Å². The molecule has 116 valence electrons. The van der Waals surface area contributed by atoms with Crippen molar-refractivity contribution in [3.05, 3.63) is 46.2 Å².